The van der Waals surface area contributed by atoms with Gasteiger partial charge in [-0.05, 0) is 41.5 Å². The van der Waals surface area contributed by atoms with Gasteiger partial charge in [0.05, 0.1) is 11.4 Å². The lowest BCUT2D eigenvalue weighted by Crippen LogP contribution is -1.92. The maximum Gasteiger partial charge on any atom is 0.165 e. The van der Waals surface area contributed by atoms with Crippen LogP contribution in [0.5, 0.6) is 0 Å². The Morgan fingerprint density at radius 3 is 2.11 bits per heavy atom. The Morgan fingerprint density at radius 2 is 1.24 bits per heavy atom. The van der Waals surface area contributed by atoms with Crippen LogP contribution < -0.4 is 0 Å². The van der Waals surface area contributed by atoms with E-state index in [0.29, 0.717) is 0 Å². The molecule has 5 heterocycles. The zero-order valence-corrected chi connectivity index (χ0v) is 20.4. The molecule has 0 saturated heterocycles. The summed E-state index contributed by atoms with van der Waals surface area (Å²) in [5.41, 5.74) is 10.0. The molecule has 0 bridgehead atoms. The molecular weight excluding hydrogens is 466 g/mol. The van der Waals surface area contributed by atoms with Gasteiger partial charge in [0.2, 0.25) is 0 Å². The number of benzene rings is 3. The molecule has 178 valence electrons. The van der Waals surface area contributed by atoms with Crippen LogP contribution in [0, 0.1) is 0 Å². The molecule has 8 rings (SSSR count). The number of imidazole rings is 2. The van der Waals surface area contributed by atoms with E-state index in [-0.39, 0.29) is 0 Å². The van der Waals surface area contributed by atoms with Gasteiger partial charge >= 0.3 is 0 Å². The van der Waals surface area contributed by atoms with E-state index in [1.54, 1.807) is 0 Å². The normalized spacial score (nSPS) is 11.7. The standard InChI is InChI=1S/C33H21N5/c1-2-11-27-26(10-1)31(36-33-32(27)35-30-13-4-6-19-38(30)33)25-9-7-8-24(20-25)22-14-16-23(17-15-22)28-21-37-18-5-3-12-29(37)34-28/h1-21H. The van der Waals surface area contributed by atoms with E-state index in [0.717, 1.165) is 66.9 Å². The van der Waals surface area contributed by atoms with Crippen molar-refractivity contribution in [2.45, 2.75) is 0 Å². The maximum atomic E-state index is 5.16. The van der Waals surface area contributed by atoms with Gasteiger partial charge in [0.15, 0.2) is 5.65 Å². The van der Waals surface area contributed by atoms with Crippen LogP contribution in [0.4, 0.5) is 0 Å². The van der Waals surface area contributed by atoms with E-state index in [4.69, 9.17) is 15.0 Å². The van der Waals surface area contributed by atoms with E-state index in [9.17, 15) is 0 Å². The topological polar surface area (TPSA) is 47.5 Å². The minimum Gasteiger partial charge on any atom is -0.306 e. The number of rotatable bonds is 3. The van der Waals surface area contributed by atoms with Crippen molar-refractivity contribution in [2.75, 3.05) is 0 Å². The first-order valence-electron chi connectivity index (χ1n) is 12.6. The molecule has 0 saturated carbocycles. The highest BCUT2D eigenvalue weighted by Gasteiger charge is 2.15. The summed E-state index contributed by atoms with van der Waals surface area (Å²) in [6.45, 7) is 0. The molecule has 0 N–H and O–H groups in total. The fraction of sp³-hybridized carbons (Fsp3) is 0. The largest absolute Gasteiger partial charge is 0.306 e. The Balaban J connectivity index is 1.24. The Hall–Kier alpha value is -5.29. The molecule has 0 amide bonds. The minimum absolute atomic E-state index is 0.872. The van der Waals surface area contributed by atoms with Crippen LogP contribution in [0.3, 0.4) is 0 Å². The van der Waals surface area contributed by atoms with Crippen molar-refractivity contribution >= 4 is 33.2 Å². The first kappa shape index (κ1) is 20.9. The molecule has 5 heteroatoms. The molecule has 0 unspecified atom stereocenters. The van der Waals surface area contributed by atoms with E-state index >= 15 is 0 Å². The van der Waals surface area contributed by atoms with Crippen LogP contribution in [0.15, 0.2) is 128 Å². The average molecular weight is 488 g/mol. The summed E-state index contributed by atoms with van der Waals surface area (Å²) >= 11 is 0. The minimum atomic E-state index is 0.872. The zero-order chi connectivity index (χ0) is 25.1. The molecule has 8 aromatic rings. The maximum absolute atomic E-state index is 5.16. The Morgan fingerprint density at radius 1 is 0.500 bits per heavy atom. The highest BCUT2D eigenvalue weighted by atomic mass is 15.1. The van der Waals surface area contributed by atoms with Crippen molar-refractivity contribution in [3.8, 4) is 33.6 Å². The van der Waals surface area contributed by atoms with Gasteiger partial charge in [-0.15, -0.1) is 0 Å². The van der Waals surface area contributed by atoms with Crippen molar-refractivity contribution in [1.29, 1.82) is 0 Å². The second-order valence-electron chi connectivity index (χ2n) is 9.47. The van der Waals surface area contributed by atoms with Gasteiger partial charge in [0, 0.05) is 40.5 Å². The summed E-state index contributed by atoms with van der Waals surface area (Å²) in [6.07, 6.45) is 6.11. The second-order valence-corrected chi connectivity index (χ2v) is 9.47. The Kier molecular flexibility index (Phi) is 4.45. The third kappa shape index (κ3) is 3.22. The van der Waals surface area contributed by atoms with Crippen molar-refractivity contribution in [2.24, 2.45) is 0 Å². The van der Waals surface area contributed by atoms with Gasteiger partial charge in [-0.3, -0.25) is 4.40 Å². The molecule has 0 radical (unpaired) electrons. The summed E-state index contributed by atoms with van der Waals surface area (Å²) in [5, 5.41) is 2.21. The first-order chi connectivity index (χ1) is 18.8. The molecule has 5 nitrogen and oxygen atoms in total. The quantitative estimate of drug-likeness (QED) is 0.257. The fourth-order valence-corrected chi connectivity index (χ4v) is 5.31. The van der Waals surface area contributed by atoms with Gasteiger partial charge in [-0.2, -0.15) is 0 Å². The van der Waals surface area contributed by atoms with Crippen LogP contribution in [-0.4, -0.2) is 23.8 Å². The number of aromatic nitrogens is 5. The summed E-state index contributed by atoms with van der Waals surface area (Å²) in [4.78, 5) is 14.8. The third-order valence-electron chi connectivity index (χ3n) is 7.17. The lowest BCUT2D eigenvalue weighted by atomic mass is 9.98. The monoisotopic (exact) mass is 487 g/mol. The molecule has 3 aromatic carbocycles. The van der Waals surface area contributed by atoms with Gasteiger partial charge < -0.3 is 4.40 Å². The number of hydrogen-bond donors (Lipinski definition) is 0. The van der Waals surface area contributed by atoms with E-state index in [2.05, 4.69) is 83.4 Å². The van der Waals surface area contributed by atoms with Crippen molar-refractivity contribution < 1.29 is 0 Å². The van der Waals surface area contributed by atoms with E-state index in [1.165, 1.54) is 0 Å². The van der Waals surface area contributed by atoms with Crippen molar-refractivity contribution in [3.05, 3.63) is 128 Å². The number of hydrogen-bond acceptors (Lipinski definition) is 3. The molecule has 0 aliphatic carbocycles. The Bertz CT molecular complexity index is 2100. The molecule has 38 heavy (non-hydrogen) atoms. The average Bonchev–Trinajstić information content (AvgIpc) is 3.59. The fourth-order valence-electron chi connectivity index (χ4n) is 5.31. The predicted octanol–water partition coefficient (Wildman–Crippen LogP) is 7.68. The van der Waals surface area contributed by atoms with Gasteiger partial charge in [0.25, 0.3) is 0 Å². The molecule has 0 aliphatic rings. The molecule has 5 aromatic heterocycles. The molecule has 0 atom stereocenters. The summed E-state index contributed by atoms with van der Waals surface area (Å²) in [5.74, 6) is 0. The second kappa shape index (κ2) is 8.11. The molecule has 0 fully saturated rings. The lowest BCUT2D eigenvalue weighted by Gasteiger charge is -2.10. The smallest absolute Gasteiger partial charge is 0.165 e. The van der Waals surface area contributed by atoms with Crippen LogP contribution >= 0.6 is 0 Å². The summed E-state index contributed by atoms with van der Waals surface area (Å²) in [6, 6.07) is 37.7. The van der Waals surface area contributed by atoms with Crippen LogP contribution in [0.2, 0.25) is 0 Å². The Labute approximate surface area is 218 Å². The zero-order valence-electron chi connectivity index (χ0n) is 20.4. The molecule has 0 spiro atoms. The van der Waals surface area contributed by atoms with Crippen molar-refractivity contribution in [3.63, 3.8) is 0 Å². The SMILES string of the molecule is c1cc(-c2ccc(-c3cn4ccccc4n3)cc2)cc(-c2nc3c(nc4ccccn43)c3ccccc23)c1. The number of fused-ring (bicyclic) bond motifs is 6. The van der Waals surface area contributed by atoms with E-state index in [1.807, 2.05) is 53.2 Å². The van der Waals surface area contributed by atoms with Gasteiger partial charge in [-0.1, -0.05) is 78.9 Å². The highest BCUT2D eigenvalue weighted by molar-refractivity contribution is 6.09. The van der Waals surface area contributed by atoms with Crippen molar-refractivity contribution in [1.82, 2.24) is 23.8 Å². The molecule has 0 aliphatic heterocycles. The predicted molar refractivity (Wildman–Crippen MR) is 153 cm³/mol. The van der Waals surface area contributed by atoms with E-state index < -0.39 is 0 Å². The summed E-state index contributed by atoms with van der Waals surface area (Å²) in [7, 11) is 0. The van der Waals surface area contributed by atoms with Crippen LogP contribution in [0.25, 0.3) is 66.9 Å². The third-order valence-corrected chi connectivity index (χ3v) is 7.17. The van der Waals surface area contributed by atoms with Crippen LogP contribution in [0.1, 0.15) is 0 Å². The highest BCUT2D eigenvalue weighted by Crippen LogP contribution is 2.34. The van der Waals surface area contributed by atoms with Crippen LogP contribution in [-0.2, 0) is 0 Å². The number of nitrogens with zero attached hydrogens (tertiary/aromatic N) is 5. The first-order valence-corrected chi connectivity index (χ1v) is 12.6. The van der Waals surface area contributed by atoms with Gasteiger partial charge in [-0.25, -0.2) is 15.0 Å². The van der Waals surface area contributed by atoms with Gasteiger partial charge in [0.1, 0.15) is 16.8 Å². The summed E-state index contributed by atoms with van der Waals surface area (Å²) < 4.78 is 4.11. The lowest BCUT2D eigenvalue weighted by molar-refractivity contribution is 1.19. The number of pyridine rings is 3. The molecular formula is C33H21N5.